The van der Waals surface area contributed by atoms with Crippen LogP contribution in [-0.4, -0.2) is 29.2 Å². The van der Waals surface area contributed by atoms with Gasteiger partial charge in [0.15, 0.2) is 0 Å². The summed E-state index contributed by atoms with van der Waals surface area (Å²) in [5.74, 6) is -0.244. The molecule has 9 nitrogen and oxygen atoms in total. The number of nitrogens with two attached hydrogens (primary N) is 1. The third-order valence-corrected chi connectivity index (χ3v) is 3.41. The van der Waals surface area contributed by atoms with Crippen molar-refractivity contribution in [2.45, 2.75) is 20.4 Å². The Bertz CT molecular complexity index is 782. The van der Waals surface area contributed by atoms with Gasteiger partial charge in [-0.1, -0.05) is 30.3 Å². The molecule has 0 aliphatic heterocycles. The normalized spacial score (nSPS) is 10.2. The predicted octanol–water partition coefficient (Wildman–Crippen LogP) is 3.13. The maximum absolute atomic E-state index is 12.5. The van der Waals surface area contributed by atoms with E-state index >= 15 is 0 Å². The van der Waals surface area contributed by atoms with Crippen molar-refractivity contribution in [3.05, 3.63) is 52.1 Å². The second-order valence-corrected chi connectivity index (χ2v) is 5.17. The molecule has 1 aromatic heterocycles. The quantitative estimate of drug-likeness (QED) is 0.594. The van der Waals surface area contributed by atoms with Crippen molar-refractivity contribution in [3.8, 4) is 5.88 Å². The number of aromatic nitrogens is 1. The Kier molecular flexibility index (Phi) is 6.31. The van der Waals surface area contributed by atoms with Gasteiger partial charge in [-0.25, -0.2) is 4.79 Å². The van der Waals surface area contributed by atoms with E-state index in [1.807, 2.05) is 6.07 Å². The Morgan fingerprint density at radius 3 is 2.54 bits per heavy atom. The van der Waals surface area contributed by atoms with Crippen LogP contribution in [0.2, 0.25) is 0 Å². The second-order valence-electron chi connectivity index (χ2n) is 5.17. The van der Waals surface area contributed by atoms with Gasteiger partial charge < -0.3 is 15.2 Å². The summed E-state index contributed by atoms with van der Waals surface area (Å²) in [6.07, 6.45) is -0.729. The van der Waals surface area contributed by atoms with E-state index < -0.39 is 16.7 Å². The number of rotatable bonds is 7. The standard InChI is InChI=1S/C17H20N4O5/c1-3-25-14-10-13(15(21(23)24)16(18)19-14)20(17(22)26-4-2)11-12-8-6-5-7-9-12/h5-10H,3-4,11H2,1-2H3,(H2,18,19). The molecule has 0 fully saturated rings. The van der Waals surface area contributed by atoms with Crippen molar-refractivity contribution in [1.82, 2.24) is 4.98 Å². The molecular weight excluding hydrogens is 340 g/mol. The summed E-state index contributed by atoms with van der Waals surface area (Å²) in [7, 11) is 0. The van der Waals surface area contributed by atoms with Gasteiger partial charge in [-0.3, -0.25) is 15.0 Å². The summed E-state index contributed by atoms with van der Waals surface area (Å²) in [6.45, 7) is 3.87. The largest absolute Gasteiger partial charge is 0.478 e. The molecule has 0 saturated heterocycles. The molecule has 1 aromatic carbocycles. The van der Waals surface area contributed by atoms with Crippen LogP contribution in [0.4, 0.5) is 22.0 Å². The Hall–Kier alpha value is -3.36. The number of amides is 1. The van der Waals surface area contributed by atoms with E-state index in [1.54, 1.807) is 38.1 Å². The number of hydrogen-bond acceptors (Lipinski definition) is 7. The average molecular weight is 360 g/mol. The molecule has 9 heteroatoms. The van der Waals surface area contributed by atoms with Crippen LogP contribution in [0.15, 0.2) is 36.4 Å². The van der Waals surface area contributed by atoms with Gasteiger partial charge in [0.1, 0.15) is 5.69 Å². The van der Waals surface area contributed by atoms with Crippen LogP contribution in [0.1, 0.15) is 19.4 Å². The van der Waals surface area contributed by atoms with Gasteiger partial charge in [0, 0.05) is 6.07 Å². The van der Waals surface area contributed by atoms with Crippen molar-refractivity contribution >= 4 is 23.3 Å². The highest BCUT2D eigenvalue weighted by atomic mass is 16.6. The Balaban J connectivity index is 2.57. The van der Waals surface area contributed by atoms with E-state index in [9.17, 15) is 14.9 Å². The van der Waals surface area contributed by atoms with Crippen LogP contribution in [0.5, 0.6) is 5.88 Å². The number of nitro groups is 1. The minimum Gasteiger partial charge on any atom is -0.478 e. The SMILES string of the molecule is CCOC(=O)N(Cc1ccccc1)c1cc(OCC)nc(N)c1[N+](=O)[O-]. The van der Waals surface area contributed by atoms with Gasteiger partial charge in [0.05, 0.1) is 24.7 Å². The van der Waals surface area contributed by atoms with Crippen LogP contribution < -0.4 is 15.4 Å². The first-order valence-corrected chi connectivity index (χ1v) is 8.03. The smallest absolute Gasteiger partial charge is 0.414 e. The van der Waals surface area contributed by atoms with Crippen LogP contribution in [-0.2, 0) is 11.3 Å². The number of nitrogens with zero attached hydrogens (tertiary/aromatic N) is 3. The molecule has 1 amide bonds. The molecule has 1 heterocycles. The van der Waals surface area contributed by atoms with Crippen molar-refractivity contribution in [3.63, 3.8) is 0 Å². The molecule has 0 bridgehead atoms. The molecule has 138 valence electrons. The first-order chi connectivity index (χ1) is 12.5. The molecule has 0 unspecified atom stereocenters. The van der Waals surface area contributed by atoms with Gasteiger partial charge in [0.25, 0.3) is 0 Å². The van der Waals surface area contributed by atoms with E-state index in [0.29, 0.717) is 6.61 Å². The summed E-state index contributed by atoms with van der Waals surface area (Å²) >= 11 is 0. The van der Waals surface area contributed by atoms with E-state index in [4.69, 9.17) is 15.2 Å². The Labute approximate surface area is 150 Å². The summed E-state index contributed by atoms with van der Waals surface area (Å²) in [5, 5.41) is 11.5. The summed E-state index contributed by atoms with van der Waals surface area (Å²) in [5.41, 5.74) is 6.01. The lowest BCUT2D eigenvalue weighted by Gasteiger charge is -2.22. The topological polar surface area (TPSA) is 121 Å². The average Bonchev–Trinajstić information content (AvgIpc) is 2.60. The van der Waals surface area contributed by atoms with Crippen molar-refractivity contribution < 1.29 is 19.2 Å². The lowest BCUT2D eigenvalue weighted by atomic mass is 10.2. The van der Waals surface area contributed by atoms with Gasteiger partial charge in [-0.2, -0.15) is 4.98 Å². The molecule has 2 rings (SSSR count). The van der Waals surface area contributed by atoms with Crippen LogP contribution in [0, 0.1) is 10.1 Å². The van der Waals surface area contributed by atoms with Crippen molar-refractivity contribution in [2.24, 2.45) is 0 Å². The van der Waals surface area contributed by atoms with E-state index in [2.05, 4.69) is 4.98 Å². The highest BCUT2D eigenvalue weighted by Gasteiger charge is 2.30. The van der Waals surface area contributed by atoms with Gasteiger partial charge in [-0.15, -0.1) is 0 Å². The minimum atomic E-state index is -0.729. The maximum Gasteiger partial charge on any atom is 0.414 e. The molecular formula is C17H20N4O5. The number of anilines is 2. The molecule has 0 spiro atoms. The zero-order chi connectivity index (χ0) is 19.1. The highest BCUT2D eigenvalue weighted by Crippen LogP contribution is 2.36. The van der Waals surface area contributed by atoms with Crippen molar-refractivity contribution in [1.29, 1.82) is 0 Å². The highest BCUT2D eigenvalue weighted by molar-refractivity contribution is 5.92. The van der Waals surface area contributed by atoms with Crippen molar-refractivity contribution in [2.75, 3.05) is 23.8 Å². The Morgan fingerprint density at radius 1 is 1.27 bits per heavy atom. The molecule has 0 radical (unpaired) electrons. The zero-order valence-electron chi connectivity index (χ0n) is 14.5. The number of hydrogen-bond donors (Lipinski definition) is 1. The predicted molar refractivity (Wildman–Crippen MR) is 96.1 cm³/mol. The maximum atomic E-state index is 12.5. The third-order valence-electron chi connectivity index (χ3n) is 3.41. The number of carbonyl (C=O) groups is 1. The third kappa shape index (κ3) is 4.38. The van der Waals surface area contributed by atoms with E-state index in [0.717, 1.165) is 10.5 Å². The number of ether oxygens (including phenoxy) is 2. The summed E-state index contributed by atoms with van der Waals surface area (Å²) < 4.78 is 10.4. The lowest BCUT2D eigenvalue weighted by molar-refractivity contribution is -0.383. The van der Waals surface area contributed by atoms with Gasteiger partial charge in [0.2, 0.25) is 11.7 Å². The molecule has 0 atom stereocenters. The number of pyridine rings is 1. The fraction of sp³-hybridized carbons (Fsp3) is 0.294. The second kappa shape index (κ2) is 8.65. The number of benzene rings is 1. The van der Waals surface area contributed by atoms with E-state index in [-0.39, 0.29) is 30.5 Å². The van der Waals surface area contributed by atoms with E-state index in [1.165, 1.54) is 6.07 Å². The molecule has 2 N–H and O–H groups in total. The Morgan fingerprint density at radius 2 is 1.96 bits per heavy atom. The fourth-order valence-electron chi connectivity index (χ4n) is 2.35. The molecule has 26 heavy (non-hydrogen) atoms. The fourth-order valence-corrected chi connectivity index (χ4v) is 2.35. The molecule has 0 saturated carbocycles. The monoisotopic (exact) mass is 360 g/mol. The van der Waals surface area contributed by atoms with Gasteiger partial charge >= 0.3 is 11.8 Å². The first-order valence-electron chi connectivity index (χ1n) is 8.03. The number of nitrogen functional groups attached to an aromatic ring is 1. The number of carbonyl (C=O) groups excluding carboxylic acids is 1. The van der Waals surface area contributed by atoms with Crippen LogP contribution >= 0.6 is 0 Å². The molecule has 0 aliphatic rings. The summed E-state index contributed by atoms with van der Waals surface area (Å²) in [4.78, 5) is 28.3. The summed E-state index contributed by atoms with van der Waals surface area (Å²) in [6, 6.07) is 10.4. The van der Waals surface area contributed by atoms with Gasteiger partial charge in [-0.05, 0) is 19.4 Å². The molecule has 2 aromatic rings. The first kappa shape index (κ1) is 19.0. The van der Waals surface area contributed by atoms with Crippen LogP contribution in [0.25, 0.3) is 0 Å². The lowest BCUT2D eigenvalue weighted by Crippen LogP contribution is -2.32. The minimum absolute atomic E-state index is 0.0340. The molecule has 0 aliphatic carbocycles. The van der Waals surface area contributed by atoms with Crippen LogP contribution in [0.3, 0.4) is 0 Å². The zero-order valence-corrected chi connectivity index (χ0v) is 14.5.